The number of aryl methyl sites for hydroxylation is 1. The van der Waals surface area contributed by atoms with Gasteiger partial charge >= 0.3 is 0 Å². The Morgan fingerprint density at radius 1 is 1.14 bits per heavy atom. The number of benzene rings is 2. The smallest absolute Gasteiger partial charge is 0.232 e. The molecular formula is C20H16FN3O4. The van der Waals surface area contributed by atoms with Crippen molar-refractivity contribution in [3.63, 3.8) is 0 Å². The molecule has 3 aromatic rings. The number of carbonyl (C=O) groups is 1. The summed E-state index contributed by atoms with van der Waals surface area (Å²) in [6, 6.07) is 10.2. The van der Waals surface area contributed by atoms with Crippen LogP contribution >= 0.6 is 0 Å². The average molecular weight is 381 g/mol. The fraction of sp³-hybridized carbons (Fsp3) is 0.250. The van der Waals surface area contributed by atoms with E-state index in [4.69, 9.17) is 14.0 Å². The highest BCUT2D eigenvalue weighted by Crippen LogP contribution is 2.36. The van der Waals surface area contributed by atoms with E-state index < -0.39 is 5.82 Å². The molecule has 1 aromatic heterocycles. The van der Waals surface area contributed by atoms with Crippen molar-refractivity contribution in [2.45, 2.75) is 19.3 Å². The Morgan fingerprint density at radius 2 is 2.00 bits per heavy atom. The van der Waals surface area contributed by atoms with Crippen molar-refractivity contribution in [2.24, 2.45) is 0 Å². The number of nitrogens with zero attached hydrogens (tertiary/aromatic N) is 3. The van der Waals surface area contributed by atoms with Crippen molar-refractivity contribution < 1.29 is 23.2 Å². The first kappa shape index (κ1) is 16.7. The predicted octanol–water partition coefficient (Wildman–Crippen LogP) is 3.43. The average Bonchev–Trinajstić information content (AvgIpc) is 3.40. The third-order valence-corrected chi connectivity index (χ3v) is 4.94. The highest BCUT2D eigenvalue weighted by atomic mass is 19.1. The van der Waals surface area contributed by atoms with Crippen molar-refractivity contribution in [3.05, 3.63) is 53.7 Å². The number of halogens is 1. The maximum atomic E-state index is 14.3. The van der Waals surface area contributed by atoms with Gasteiger partial charge in [-0.15, -0.1) is 0 Å². The molecule has 2 aliphatic rings. The van der Waals surface area contributed by atoms with Crippen molar-refractivity contribution >= 4 is 11.6 Å². The molecule has 2 aromatic carbocycles. The lowest BCUT2D eigenvalue weighted by Gasteiger charge is -2.17. The first-order valence-corrected chi connectivity index (χ1v) is 8.88. The van der Waals surface area contributed by atoms with E-state index in [1.54, 1.807) is 31.2 Å². The second-order valence-electron chi connectivity index (χ2n) is 6.88. The highest BCUT2D eigenvalue weighted by molar-refractivity contribution is 5.96. The zero-order valence-corrected chi connectivity index (χ0v) is 15.0. The van der Waals surface area contributed by atoms with Gasteiger partial charge in [-0.05, 0) is 42.8 Å². The van der Waals surface area contributed by atoms with Crippen LogP contribution in [0.1, 0.15) is 23.8 Å². The molecule has 0 radical (unpaired) electrons. The lowest BCUT2D eigenvalue weighted by atomic mass is 10.1. The zero-order chi connectivity index (χ0) is 19.3. The van der Waals surface area contributed by atoms with Crippen LogP contribution in [0.2, 0.25) is 0 Å². The lowest BCUT2D eigenvalue weighted by Crippen LogP contribution is -2.25. The van der Waals surface area contributed by atoms with Crippen LogP contribution in [-0.4, -0.2) is 29.4 Å². The molecule has 28 heavy (non-hydrogen) atoms. The van der Waals surface area contributed by atoms with Crippen LogP contribution in [0.25, 0.3) is 11.4 Å². The molecule has 0 aliphatic carbocycles. The van der Waals surface area contributed by atoms with Gasteiger partial charge in [0.25, 0.3) is 0 Å². The summed E-state index contributed by atoms with van der Waals surface area (Å²) in [6.45, 7) is 2.28. The van der Waals surface area contributed by atoms with E-state index in [1.165, 1.54) is 11.0 Å². The monoisotopic (exact) mass is 381 g/mol. The van der Waals surface area contributed by atoms with Crippen LogP contribution in [0, 0.1) is 12.7 Å². The van der Waals surface area contributed by atoms with Crippen molar-refractivity contribution in [1.82, 2.24) is 10.1 Å². The van der Waals surface area contributed by atoms with Crippen LogP contribution in [0.3, 0.4) is 0 Å². The van der Waals surface area contributed by atoms with E-state index in [0.717, 1.165) is 11.1 Å². The standard InChI is InChI=1S/C20H16FN3O4/c1-11-2-4-15(14(21)6-11)24-9-13(8-18(24)25)20-22-19(23-28-20)12-3-5-16-17(7-12)27-10-26-16/h2-7,13H,8-10H2,1H3. The number of anilines is 1. The van der Waals surface area contributed by atoms with E-state index >= 15 is 0 Å². The van der Waals surface area contributed by atoms with Gasteiger partial charge in [0.05, 0.1) is 11.6 Å². The van der Waals surface area contributed by atoms with Gasteiger partial charge in [0.1, 0.15) is 5.82 Å². The summed E-state index contributed by atoms with van der Waals surface area (Å²) in [4.78, 5) is 18.3. The van der Waals surface area contributed by atoms with Gasteiger partial charge in [-0.2, -0.15) is 4.98 Å². The predicted molar refractivity (Wildman–Crippen MR) is 96.7 cm³/mol. The fourth-order valence-electron chi connectivity index (χ4n) is 3.49. The number of hydrogen-bond acceptors (Lipinski definition) is 6. The molecule has 0 saturated carbocycles. The first-order valence-electron chi connectivity index (χ1n) is 8.88. The molecule has 8 heteroatoms. The number of fused-ring (bicyclic) bond motifs is 1. The maximum Gasteiger partial charge on any atom is 0.232 e. The van der Waals surface area contributed by atoms with Crippen molar-refractivity contribution in [2.75, 3.05) is 18.2 Å². The third kappa shape index (κ3) is 2.77. The summed E-state index contributed by atoms with van der Waals surface area (Å²) >= 11 is 0. The molecule has 0 N–H and O–H groups in total. The molecule has 1 saturated heterocycles. The number of carbonyl (C=O) groups excluding carboxylic acids is 1. The van der Waals surface area contributed by atoms with Crippen LogP contribution < -0.4 is 14.4 Å². The van der Waals surface area contributed by atoms with Gasteiger partial charge < -0.3 is 18.9 Å². The Bertz CT molecular complexity index is 1080. The van der Waals surface area contributed by atoms with Crippen molar-refractivity contribution in [3.8, 4) is 22.9 Å². The molecule has 1 unspecified atom stereocenters. The number of rotatable bonds is 3. The van der Waals surface area contributed by atoms with E-state index in [1.807, 2.05) is 6.07 Å². The largest absolute Gasteiger partial charge is 0.454 e. The normalized spacial score (nSPS) is 18.1. The highest BCUT2D eigenvalue weighted by Gasteiger charge is 2.36. The molecule has 0 bridgehead atoms. The molecule has 2 aliphatic heterocycles. The molecule has 142 valence electrons. The number of aromatic nitrogens is 2. The zero-order valence-electron chi connectivity index (χ0n) is 15.0. The summed E-state index contributed by atoms with van der Waals surface area (Å²) < 4.78 is 30.3. The minimum Gasteiger partial charge on any atom is -0.454 e. The summed E-state index contributed by atoms with van der Waals surface area (Å²) in [5, 5.41) is 4.02. The second-order valence-corrected chi connectivity index (χ2v) is 6.88. The van der Waals surface area contributed by atoms with Crippen LogP contribution in [-0.2, 0) is 4.79 Å². The minimum atomic E-state index is -0.416. The Balaban J connectivity index is 1.38. The Hall–Kier alpha value is -3.42. The number of ether oxygens (including phenoxy) is 2. The molecule has 1 amide bonds. The quantitative estimate of drug-likeness (QED) is 0.692. The van der Waals surface area contributed by atoms with Crippen LogP contribution in [0.15, 0.2) is 40.9 Å². The van der Waals surface area contributed by atoms with Gasteiger partial charge in [0.15, 0.2) is 11.5 Å². The van der Waals surface area contributed by atoms with Gasteiger partial charge in [-0.3, -0.25) is 4.79 Å². The van der Waals surface area contributed by atoms with E-state index in [2.05, 4.69) is 10.1 Å². The van der Waals surface area contributed by atoms with Gasteiger partial charge in [0.2, 0.25) is 24.4 Å². The number of hydrogen-bond donors (Lipinski definition) is 0. The Kier molecular flexibility index (Phi) is 3.78. The SMILES string of the molecule is Cc1ccc(N2CC(c3nc(-c4ccc5c(c4)OCO5)no3)CC2=O)c(F)c1. The molecule has 3 heterocycles. The summed E-state index contributed by atoms with van der Waals surface area (Å²) in [5.41, 5.74) is 1.80. The van der Waals surface area contributed by atoms with Gasteiger partial charge in [-0.25, -0.2) is 4.39 Å². The summed E-state index contributed by atoms with van der Waals surface area (Å²) in [5.74, 6) is 1.18. The summed E-state index contributed by atoms with van der Waals surface area (Å²) in [7, 11) is 0. The molecule has 7 nitrogen and oxygen atoms in total. The first-order chi connectivity index (χ1) is 13.6. The number of amides is 1. The van der Waals surface area contributed by atoms with E-state index in [-0.39, 0.29) is 30.7 Å². The third-order valence-electron chi connectivity index (χ3n) is 4.94. The molecule has 5 rings (SSSR count). The van der Waals surface area contributed by atoms with E-state index in [9.17, 15) is 9.18 Å². The van der Waals surface area contributed by atoms with Crippen LogP contribution in [0.4, 0.5) is 10.1 Å². The molecular weight excluding hydrogens is 365 g/mol. The van der Waals surface area contributed by atoms with E-state index in [0.29, 0.717) is 29.8 Å². The van der Waals surface area contributed by atoms with Gasteiger partial charge in [0, 0.05) is 18.5 Å². The lowest BCUT2D eigenvalue weighted by molar-refractivity contribution is -0.117. The Morgan fingerprint density at radius 3 is 2.86 bits per heavy atom. The Labute approximate surface area is 159 Å². The molecule has 1 atom stereocenters. The van der Waals surface area contributed by atoms with Crippen LogP contribution in [0.5, 0.6) is 11.5 Å². The molecule has 1 fully saturated rings. The van der Waals surface area contributed by atoms with Crippen molar-refractivity contribution in [1.29, 1.82) is 0 Å². The second kappa shape index (κ2) is 6.33. The molecule has 0 spiro atoms. The van der Waals surface area contributed by atoms with Gasteiger partial charge in [-0.1, -0.05) is 11.2 Å². The summed E-state index contributed by atoms with van der Waals surface area (Å²) in [6.07, 6.45) is 0.191. The topological polar surface area (TPSA) is 77.7 Å². The minimum absolute atomic E-state index is 0.171. The maximum absolute atomic E-state index is 14.3. The fourth-order valence-corrected chi connectivity index (χ4v) is 3.49.